The van der Waals surface area contributed by atoms with Crippen molar-refractivity contribution < 1.29 is 19.2 Å². The van der Waals surface area contributed by atoms with Crippen LogP contribution in [-0.2, 0) is 11.2 Å². The number of ether oxygens (including phenoxy) is 1. The normalized spacial score (nSPS) is 17.1. The molecule has 0 saturated heterocycles. The number of hydrogen-bond donors (Lipinski definition) is 1. The molecule has 0 atom stereocenters. The van der Waals surface area contributed by atoms with Gasteiger partial charge in [-0.3, -0.25) is 19.7 Å². The fraction of sp³-hybridized carbons (Fsp3) is 0.481. The van der Waals surface area contributed by atoms with Crippen LogP contribution in [0.2, 0.25) is 0 Å². The van der Waals surface area contributed by atoms with Gasteiger partial charge in [0.1, 0.15) is 5.75 Å². The first kappa shape index (κ1) is 28.5. The van der Waals surface area contributed by atoms with Gasteiger partial charge in [-0.2, -0.15) is 0 Å². The first-order valence-corrected chi connectivity index (χ1v) is 12.8. The number of nitro benzene ring substituents is 1. The maximum atomic E-state index is 12.3. The zero-order valence-corrected chi connectivity index (χ0v) is 22.7. The van der Waals surface area contributed by atoms with Crippen molar-refractivity contribution in [1.82, 2.24) is 0 Å². The Morgan fingerprint density at radius 1 is 1.14 bits per heavy atom. The van der Waals surface area contributed by atoms with E-state index in [0.29, 0.717) is 16.5 Å². The van der Waals surface area contributed by atoms with Gasteiger partial charge in [0, 0.05) is 39.8 Å². The van der Waals surface area contributed by atoms with Crippen LogP contribution in [0.25, 0.3) is 0 Å². The molecule has 0 bridgehead atoms. The quantitative estimate of drug-likeness (QED) is 0.223. The molecule has 3 rings (SSSR count). The molecule has 8 heteroatoms. The summed E-state index contributed by atoms with van der Waals surface area (Å²) in [6.07, 6.45) is 6.31. The van der Waals surface area contributed by atoms with Crippen LogP contribution in [0.3, 0.4) is 0 Å². The number of methoxy groups -OCH3 is 1. The van der Waals surface area contributed by atoms with Crippen molar-refractivity contribution in [3.8, 4) is 5.75 Å². The van der Waals surface area contributed by atoms with Crippen LogP contribution in [0, 0.1) is 28.9 Å². The summed E-state index contributed by atoms with van der Waals surface area (Å²) in [6.45, 7) is 7.54. The van der Waals surface area contributed by atoms with Gasteiger partial charge in [0.25, 0.3) is 5.69 Å². The fourth-order valence-electron chi connectivity index (χ4n) is 4.38. The van der Waals surface area contributed by atoms with Crippen molar-refractivity contribution in [1.29, 1.82) is 0 Å². The van der Waals surface area contributed by atoms with Gasteiger partial charge in [0.05, 0.1) is 12.0 Å². The van der Waals surface area contributed by atoms with E-state index in [1.165, 1.54) is 38.3 Å². The molecule has 0 aliphatic heterocycles. The van der Waals surface area contributed by atoms with E-state index in [0.717, 1.165) is 41.3 Å². The summed E-state index contributed by atoms with van der Waals surface area (Å²) in [5, 5.41) is 13.6. The SMILES string of the molecule is CCC1CCC(C(=O)Nc2ccc(C)c(OC)c2)CC1.CCc1c(Br)cc([N+](=O)[O-])cc1C(C)=O. The van der Waals surface area contributed by atoms with Gasteiger partial charge in [-0.15, -0.1) is 0 Å². The summed E-state index contributed by atoms with van der Waals surface area (Å²) in [4.78, 5) is 33.7. The molecule has 190 valence electrons. The Morgan fingerprint density at radius 3 is 2.31 bits per heavy atom. The highest BCUT2D eigenvalue weighted by Gasteiger charge is 2.25. The standard InChI is InChI=1S/C17H25NO2.C10H10BrNO3/c1-4-13-6-8-14(9-7-13)17(19)18-15-10-5-12(2)16(11-15)20-3;1-3-8-9(6(2)13)4-7(12(14)15)5-10(8)11/h5,10-11,13-14H,4,6-9H2,1-3H3,(H,18,19);4-5H,3H2,1-2H3. The second-order valence-electron chi connectivity index (χ2n) is 8.92. The van der Waals surface area contributed by atoms with Crippen molar-refractivity contribution in [2.45, 2.75) is 66.2 Å². The first-order valence-electron chi connectivity index (χ1n) is 12.0. The summed E-state index contributed by atoms with van der Waals surface area (Å²) in [5.74, 6) is 1.81. The number of anilines is 1. The predicted octanol–water partition coefficient (Wildman–Crippen LogP) is 7.28. The Morgan fingerprint density at radius 2 is 1.80 bits per heavy atom. The summed E-state index contributed by atoms with van der Waals surface area (Å²) in [7, 11) is 1.65. The number of rotatable bonds is 7. The minimum Gasteiger partial charge on any atom is -0.496 e. The van der Waals surface area contributed by atoms with E-state index in [-0.39, 0.29) is 23.3 Å². The number of nitrogens with one attached hydrogen (secondary N) is 1. The number of nitro groups is 1. The lowest BCUT2D eigenvalue weighted by Crippen LogP contribution is -2.27. The van der Waals surface area contributed by atoms with Gasteiger partial charge in [-0.1, -0.05) is 42.3 Å². The minimum absolute atomic E-state index is 0.0655. The lowest BCUT2D eigenvalue weighted by molar-refractivity contribution is -0.385. The summed E-state index contributed by atoms with van der Waals surface area (Å²) in [5.41, 5.74) is 3.07. The number of aryl methyl sites for hydroxylation is 1. The number of hydrogen-bond acceptors (Lipinski definition) is 5. The molecular formula is C27H35BrN2O5. The van der Waals surface area contributed by atoms with Gasteiger partial charge >= 0.3 is 0 Å². The molecule has 1 aliphatic rings. The molecule has 0 radical (unpaired) electrons. The van der Waals surface area contributed by atoms with Crippen LogP contribution in [0.5, 0.6) is 5.75 Å². The van der Waals surface area contributed by atoms with Gasteiger partial charge in [-0.25, -0.2) is 0 Å². The highest BCUT2D eigenvalue weighted by Crippen LogP contribution is 2.32. The fourth-order valence-corrected chi connectivity index (χ4v) is 5.10. The van der Waals surface area contributed by atoms with E-state index >= 15 is 0 Å². The third-order valence-electron chi connectivity index (χ3n) is 6.59. The van der Waals surface area contributed by atoms with Gasteiger partial charge in [0.2, 0.25) is 5.91 Å². The van der Waals surface area contributed by atoms with Crippen molar-refractivity contribution in [3.63, 3.8) is 0 Å². The number of benzene rings is 2. The van der Waals surface area contributed by atoms with E-state index in [9.17, 15) is 19.7 Å². The van der Waals surface area contributed by atoms with Crippen LogP contribution >= 0.6 is 15.9 Å². The maximum Gasteiger partial charge on any atom is 0.271 e. The number of ketones is 1. The van der Waals surface area contributed by atoms with Crippen LogP contribution in [-0.4, -0.2) is 23.7 Å². The van der Waals surface area contributed by atoms with Crippen LogP contribution in [0.15, 0.2) is 34.8 Å². The molecule has 35 heavy (non-hydrogen) atoms. The topological polar surface area (TPSA) is 98.5 Å². The molecule has 2 aromatic carbocycles. The molecule has 1 amide bonds. The zero-order chi connectivity index (χ0) is 26.1. The number of nitrogens with zero attached hydrogens (tertiary/aromatic N) is 1. The number of amides is 1. The summed E-state index contributed by atoms with van der Waals surface area (Å²) in [6, 6.07) is 8.55. The van der Waals surface area contributed by atoms with Crippen molar-refractivity contribution in [2.75, 3.05) is 12.4 Å². The Balaban J connectivity index is 0.000000258. The molecule has 1 fully saturated rings. The van der Waals surface area contributed by atoms with E-state index in [4.69, 9.17) is 4.74 Å². The lowest BCUT2D eigenvalue weighted by atomic mass is 9.80. The largest absolute Gasteiger partial charge is 0.496 e. The molecule has 7 nitrogen and oxygen atoms in total. The zero-order valence-electron chi connectivity index (χ0n) is 21.2. The van der Waals surface area contributed by atoms with Gasteiger partial charge in [0.15, 0.2) is 5.78 Å². The van der Waals surface area contributed by atoms with Crippen LogP contribution < -0.4 is 10.1 Å². The minimum atomic E-state index is -0.503. The van der Waals surface area contributed by atoms with Crippen molar-refractivity contribution >= 4 is 39.0 Å². The number of halogens is 1. The highest BCUT2D eigenvalue weighted by molar-refractivity contribution is 9.10. The third-order valence-corrected chi connectivity index (χ3v) is 7.30. The maximum absolute atomic E-state index is 12.3. The Labute approximate surface area is 215 Å². The van der Waals surface area contributed by atoms with E-state index in [2.05, 4.69) is 28.2 Å². The highest BCUT2D eigenvalue weighted by atomic mass is 79.9. The first-order chi connectivity index (χ1) is 16.6. The molecule has 1 N–H and O–H groups in total. The second-order valence-corrected chi connectivity index (χ2v) is 9.77. The Hall–Kier alpha value is -2.74. The van der Waals surface area contributed by atoms with Gasteiger partial charge in [-0.05, 0) is 69.1 Å². The van der Waals surface area contributed by atoms with Gasteiger partial charge < -0.3 is 10.1 Å². The average molecular weight is 547 g/mol. The molecule has 0 heterocycles. The predicted molar refractivity (Wildman–Crippen MR) is 142 cm³/mol. The molecule has 0 aromatic heterocycles. The van der Waals surface area contributed by atoms with Crippen molar-refractivity contribution in [3.05, 3.63) is 61.6 Å². The Bertz CT molecular complexity index is 1060. The third kappa shape index (κ3) is 7.88. The number of carbonyl (C=O) groups excluding carboxylic acids is 2. The average Bonchev–Trinajstić information content (AvgIpc) is 2.84. The molecule has 0 unspecified atom stereocenters. The molecule has 0 spiro atoms. The van der Waals surface area contributed by atoms with Crippen molar-refractivity contribution in [2.24, 2.45) is 11.8 Å². The smallest absolute Gasteiger partial charge is 0.271 e. The molecule has 2 aromatic rings. The number of Topliss-reactive ketones (excluding diaryl/α,β-unsaturated/α-hetero) is 1. The lowest BCUT2D eigenvalue weighted by Gasteiger charge is -2.27. The number of carbonyl (C=O) groups is 2. The molecule has 1 saturated carbocycles. The van der Waals surface area contributed by atoms with E-state index in [1.54, 1.807) is 7.11 Å². The second kappa shape index (κ2) is 13.4. The van der Waals surface area contributed by atoms with Crippen LogP contribution in [0.4, 0.5) is 11.4 Å². The van der Waals surface area contributed by atoms with E-state index in [1.807, 2.05) is 32.0 Å². The summed E-state index contributed by atoms with van der Waals surface area (Å²) < 4.78 is 5.91. The summed E-state index contributed by atoms with van der Waals surface area (Å²) >= 11 is 3.24. The monoisotopic (exact) mass is 546 g/mol. The molecular weight excluding hydrogens is 512 g/mol. The molecule has 1 aliphatic carbocycles. The van der Waals surface area contributed by atoms with E-state index < -0.39 is 4.92 Å². The Kier molecular flexibility index (Phi) is 10.9. The van der Waals surface area contributed by atoms with Crippen LogP contribution in [0.1, 0.15) is 74.4 Å². The number of non-ortho nitro benzene ring substituents is 1.